The molecule has 4 N–H and O–H groups in total. The van der Waals surface area contributed by atoms with E-state index in [9.17, 15) is 0 Å². The number of hydrogen-bond acceptors (Lipinski definition) is 3. The predicted molar refractivity (Wildman–Crippen MR) is 70.2 cm³/mol. The molecule has 94 valence electrons. The first-order valence-corrected chi connectivity index (χ1v) is 5.88. The van der Waals surface area contributed by atoms with E-state index in [1.54, 1.807) is 0 Å². The second-order valence-electron chi connectivity index (χ2n) is 4.28. The third kappa shape index (κ3) is 3.75. The Bertz CT molecular complexity index is 373. The molecule has 4 heteroatoms. The molecule has 1 rings (SSSR count). The highest BCUT2D eigenvalue weighted by Gasteiger charge is 2.15. The zero-order valence-corrected chi connectivity index (χ0v) is 10.6. The highest BCUT2D eigenvalue weighted by atomic mass is 16.4. The Balaban J connectivity index is 2.70. The highest BCUT2D eigenvalue weighted by molar-refractivity contribution is 5.85. The number of nitrogens with two attached hydrogens (primary N) is 1. The van der Waals surface area contributed by atoms with Crippen LogP contribution in [0, 0.1) is 6.92 Å². The van der Waals surface area contributed by atoms with E-state index >= 15 is 0 Å². The van der Waals surface area contributed by atoms with Crippen molar-refractivity contribution in [1.29, 1.82) is 0 Å². The molecule has 0 aliphatic rings. The molecule has 1 aromatic carbocycles. The summed E-state index contributed by atoms with van der Waals surface area (Å²) in [6, 6.07) is 8.41. The molecule has 0 aliphatic carbocycles. The number of oxime groups is 1. The number of nitrogens with zero attached hydrogens (tertiary/aromatic N) is 1. The van der Waals surface area contributed by atoms with Crippen LogP contribution in [0.4, 0.5) is 0 Å². The Morgan fingerprint density at radius 2 is 2.00 bits per heavy atom. The van der Waals surface area contributed by atoms with Crippen molar-refractivity contribution in [3.63, 3.8) is 0 Å². The van der Waals surface area contributed by atoms with Gasteiger partial charge >= 0.3 is 0 Å². The molecule has 2 unspecified atom stereocenters. The Hall–Kier alpha value is -1.55. The first-order valence-electron chi connectivity index (χ1n) is 5.88. The van der Waals surface area contributed by atoms with Crippen molar-refractivity contribution in [2.75, 3.05) is 0 Å². The second kappa shape index (κ2) is 6.25. The quantitative estimate of drug-likeness (QED) is 0.317. The fourth-order valence-electron chi connectivity index (χ4n) is 1.74. The molecule has 17 heavy (non-hydrogen) atoms. The fraction of sp³-hybridized carbons (Fsp3) is 0.462. The molecule has 4 nitrogen and oxygen atoms in total. The molecule has 0 bridgehead atoms. The van der Waals surface area contributed by atoms with Crippen molar-refractivity contribution in [3.8, 4) is 0 Å². The summed E-state index contributed by atoms with van der Waals surface area (Å²) in [7, 11) is 0. The van der Waals surface area contributed by atoms with Crippen LogP contribution >= 0.6 is 0 Å². The highest BCUT2D eigenvalue weighted by Crippen LogP contribution is 2.14. The molecule has 0 aromatic heterocycles. The zero-order valence-electron chi connectivity index (χ0n) is 10.6. The largest absolute Gasteiger partial charge is 0.409 e. The second-order valence-corrected chi connectivity index (χ2v) is 4.28. The van der Waals surface area contributed by atoms with E-state index < -0.39 is 0 Å². The summed E-state index contributed by atoms with van der Waals surface area (Å²) in [5.74, 6) is 0.228. The zero-order chi connectivity index (χ0) is 12.8. The van der Waals surface area contributed by atoms with Crippen LogP contribution in [-0.4, -0.2) is 17.1 Å². The summed E-state index contributed by atoms with van der Waals surface area (Å²) in [6.45, 7) is 6.13. The molecule has 2 atom stereocenters. The minimum absolute atomic E-state index is 0.101. The van der Waals surface area contributed by atoms with Gasteiger partial charge in [0.2, 0.25) is 0 Å². The van der Waals surface area contributed by atoms with E-state index in [0.717, 1.165) is 6.42 Å². The summed E-state index contributed by atoms with van der Waals surface area (Å²) in [5.41, 5.74) is 8.05. The number of nitrogens with one attached hydrogen (secondary N) is 1. The fourth-order valence-corrected chi connectivity index (χ4v) is 1.74. The molecular weight excluding hydrogens is 214 g/mol. The van der Waals surface area contributed by atoms with E-state index in [-0.39, 0.29) is 17.9 Å². The molecule has 0 radical (unpaired) electrons. The summed E-state index contributed by atoms with van der Waals surface area (Å²) < 4.78 is 0. The van der Waals surface area contributed by atoms with Gasteiger partial charge in [-0.25, -0.2) is 0 Å². The molecule has 0 fully saturated rings. The van der Waals surface area contributed by atoms with Crippen molar-refractivity contribution < 1.29 is 5.21 Å². The Morgan fingerprint density at radius 3 is 2.47 bits per heavy atom. The summed E-state index contributed by atoms with van der Waals surface area (Å²) >= 11 is 0. The molecule has 0 amide bonds. The normalized spacial score (nSPS) is 15.6. The third-order valence-electron chi connectivity index (χ3n) is 2.91. The molecule has 0 saturated carbocycles. The first-order chi connectivity index (χ1) is 8.08. The Kier molecular flexibility index (Phi) is 4.97. The van der Waals surface area contributed by atoms with Gasteiger partial charge in [0, 0.05) is 6.04 Å². The van der Waals surface area contributed by atoms with Crippen LogP contribution < -0.4 is 11.1 Å². The number of benzene rings is 1. The standard InChI is InChI=1S/C13H21N3O/c1-4-12(13(14)16-17)15-10(3)11-7-5-9(2)6-8-11/h5-8,10,12,15,17H,4H2,1-3H3,(H2,14,16). The van der Waals surface area contributed by atoms with E-state index in [0.29, 0.717) is 0 Å². The van der Waals surface area contributed by atoms with Gasteiger partial charge in [0.15, 0.2) is 5.84 Å². The summed E-state index contributed by atoms with van der Waals surface area (Å²) in [4.78, 5) is 0. The van der Waals surface area contributed by atoms with Gasteiger partial charge in [-0.3, -0.25) is 0 Å². The topological polar surface area (TPSA) is 70.6 Å². The van der Waals surface area contributed by atoms with Gasteiger partial charge in [-0.2, -0.15) is 0 Å². The van der Waals surface area contributed by atoms with Crippen molar-refractivity contribution in [2.24, 2.45) is 10.9 Å². The van der Waals surface area contributed by atoms with Gasteiger partial charge in [0.1, 0.15) is 0 Å². The van der Waals surface area contributed by atoms with Gasteiger partial charge < -0.3 is 16.3 Å². The predicted octanol–water partition coefficient (Wildman–Crippen LogP) is 2.17. The average Bonchev–Trinajstić information content (AvgIpc) is 2.35. The maximum absolute atomic E-state index is 8.68. The molecule has 1 aromatic rings. The lowest BCUT2D eigenvalue weighted by Gasteiger charge is -2.21. The van der Waals surface area contributed by atoms with Gasteiger partial charge in [0.25, 0.3) is 0 Å². The lowest BCUT2D eigenvalue weighted by molar-refractivity contribution is 0.313. The smallest absolute Gasteiger partial charge is 0.156 e. The maximum atomic E-state index is 8.68. The van der Waals surface area contributed by atoms with Gasteiger partial charge in [-0.15, -0.1) is 0 Å². The van der Waals surface area contributed by atoms with Crippen LogP contribution in [0.15, 0.2) is 29.4 Å². The summed E-state index contributed by atoms with van der Waals surface area (Å²) in [5, 5.41) is 15.1. The minimum atomic E-state index is -0.101. The van der Waals surface area contributed by atoms with Crippen LogP contribution in [0.1, 0.15) is 37.4 Å². The van der Waals surface area contributed by atoms with Crippen LogP contribution in [0.3, 0.4) is 0 Å². The molecule has 0 saturated heterocycles. The lowest BCUT2D eigenvalue weighted by atomic mass is 10.0. The van der Waals surface area contributed by atoms with Crippen LogP contribution in [0.5, 0.6) is 0 Å². The lowest BCUT2D eigenvalue weighted by Crippen LogP contribution is -2.42. The third-order valence-corrected chi connectivity index (χ3v) is 2.91. The van der Waals surface area contributed by atoms with Crippen LogP contribution in [-0.2, 0) is 0 Å². The van der Waals surface area contributed by atoms with Crippen molar-refractivity contribution in [3.05, 3.63) is 35.4 Å². The van der Waals surface area contributed by atoms with Gasteiger partial charge in [-0.1, -0.05) is 41.9 Å². The van der Waals surface area contributed by atoms with E-state index in [1.165, 1.54) is 11.1 Å². The van der Waals surface area contributed by atoms with Crippen LogP contribution in [0.2, 0.25) is 0 Å². The average molecular weight is 235 g/mol. The van der Waals surface area contributed by atoms with Crippen molar-refractivity contribution >= 4 is 5.84 Å². The van der Waals surface area contributed by atoms with Gasteiger partial charge in [0.05, 0.1) is 6.04 Å². The number of amidine groups is 1. The minimum Gasteiger partial charge on any atom is -0.409 e. The van der Waals surface area contributed by atoms with Crippen molar-refractivity contribution in [2.45, 2.75) is 39.3 Å². The molecular formula is C13H21N3O. The monoisotopic (exact) mass is 235 g/mol. The number of hydrogen-bond donors (Lipinski definition) is 3. The Morgan fingerprint density at radius 1 is 1.41 bits per heavy atom. The molecule has 0 heterocycles. The van der Waals surface area contributed by atoms with E-state index in [4.69, 9.17) is 10.9 Å². The van der Waals surface area contributed by atoms with E-state index in [1.807, 2.05) is 6.92 Å². The SMILES string of the molecule is CCC(NC(C)c1ccc(C)cc1)C(N)=NO. The van der Waals surface area contributed by atoms with E-state index in [2.05, 4.69) is 48.6 Å². The van der Waals surface area contributed by atoms with Crippen molar-refractivity contribution in [1.82, 2.24) is 5.32 Å². The number of rotatable bonds is 5. The molecule has 0 spiro atoms. The van der Waals surface area contributed by atoms with Crippen LogP contribution in [0.25, 0.3) is 0 Å². The molecule has 0 aliphatic heterocycles. The maximum Gasteiger partial charge on any atom is 0.156 e. The van der Waals surface area contributed by atoms with Gasteiger partial charge in [-0.05, 0) is 25.8 Å². The Labute approximate surface area is 103 Å². The first kappa shape index (κ1) is 13.5. The number of aryl methyl sites for hydroxylation is 1. The summed E-state index contributed by atoms with van der Waals surface area (Å²) in [6.07, 6.45) is 0.784.